The summed E-state index contributed by atoms with van der Waals surface area (Å²) in [6.07, 6.45) is 6.36. The Morgan fingerprint density at radius 3 is 2.92 bits per heavy atom. The topological polar surface area (TPSA) is 30.0 Å². The van der Waals surface area contributed by atoms with Crippen LogP contribution in [0.2, 0.25) is 0 Å². The molecule has 0 radical (unpaired) electrons. The van der Waals surface area contributed by atoms with E-state index in [0.717, 1.165) is 24.1 Å². The molecule has 2 nitrogen and oxygen atoms in total. The predicted molar refractivity (Wildman–Crippen MR) is 51.1 cm³/mol. The van der Waals surface area contributed by atoms with Gasteiger partial charge in [-0.2, -0.15) is 0 Å². The van der Waals surface area contributed by atoms with E-state index >= 15 is 0 Å². The van der Waals surface area contributed by atoms with Crippen molar-refractivity contribution < 1.29 is 4.79 Å². The Balaban J connectivity index is 2.35. The summed E-state index contributed by atoms with van der Waals surface area (Å²) in [5, 5.41) is 0. The first kappa shape index (κ1) is 8.17. The summed E-state index contributed by atoms with van der Waals surface area (Å²) in [5.41, 5.74) is 1.61. The third kappa shape index (κ3) is 1.66. The maximum absolute atomic E-state index is 11.5. The first-order valence-corrected chi connectivity index (χ1v) is 4.53. The number of rotatable bonds is 1. The first-order chi connectivity index (χ1) is 6.38. The fraction of sp³-hybridized carbons (Fsp3) is 0.273. The Morgan fingerprint density at radius 1 is 1.31 bits per heavy atom. The smallest absolute Gasteiger partial charge is 0.164 e. The molecule has 0 unspecified atom stereocenters. The molecule has 0 amide bonds. The molecule has 1 aliphatic carbocycles. The maximum Gasteiger partial charge on any atom is 0.164 e. The monoisotopic (exact) mass is 173 g/mol. The van der Waals surface area contributed by atoms with Crippen LogP contribution in [0.3, 0.4) is 0 Å². The molecule has 0 aromatic carbocycles. The van der Waals surface area contributed by atoms with Gasteiger partial charge in [-0.3, -0.25) is 9.78 Å². The van der Waals surface area contributed by atoms with E-state index in [4.69, 9.17) is 0 Å². The van der Waals surface area contributed by atoms with Crippen molar-refractivity contribution >= 4 is 11.4 Å². The number of hydrogen-bond donors (Lipinski definition) is 0. The maximum atomic E-state index is 11.5. The van der Waals surface area contributed by atoms with Gasteiger partial charge in [0.25, 0.3) is 0 Å². The highest BCUT2D eigenvalue weighted by Crippen LogP contribution is 2.21. The number of allylic oxidation sites excluding steroid dienone is 2. The molecule has 13 heavy (non-hydrogen) atoms. The first-order valence-electron chi connectivity index (χ1n) is 4.53. The second-order valence-corrected chi connectivity index (χ2v) is 3.15. The van der Waals surface area contributed by atoms with Crippen molar-refractivity contribution in [2.45, 2.75) is 19.3 Å². The van der Waals surface area contributed by atoms with Crippen molar-refractivity contribution in [2.24, 2.45) is 0 Å². The molecule has 1 heterocycles. The highest BCUT2D eigenvalue weighted by Gasteiger charge is 2.15. The third-order valence-electron chi connectivity index (χ3n) is 2.20. The summed E-state index contributed by atoms with van der Waals surface area (Å²) in [6, 6.07) is 5.65. The molecule has 0 saturated heterocycles. The lowest BCUT2D eigenvalue weighted by molar-refractivity contribution is -0.114. The minimum Gasteiger partial charge on any atom is -0.294 e. The van der Waals surface area contributed by atoms with Crippen molar-refractivity contribution in [3.05, 3.63) is 36.2 Å². The zero-order chi connectivity index (χ0) is 9.10. The Labute approximate surface area is 77.3 Å². The van der Waals surface area contributed by atoms with Gasteiger partial charge in [-0.15, -0.1) is 0 Å². The molecule has 66 valence electrons. The third-order valence-corrected chi connectivity index (χ3v) is 2.20. The van der Waals surface area contributed by atoms with E-state index in [2.05, 4.69) is 4.98 Å². The number of carbonyl (C=O) groups is 1. The van der Waals surface area contributed by atoms with Crippen LogP contribution in [0, 0.1) is 0 Å². The molecular formula is C11H11NO. The molecule has 0 saturated carbocycles. The van der Waals surface area contributed by atoms with Crippen molar-refractivity contribution in [3.63, 3.8) is 0 Å². The van der Waals surface area contributed by atoms with Gasteiger partial charge in [-0.05, 0) is 25.0 Å². The summed E-state index contributed by atoms with van der Waals surface area (Å²) < 4.78 is 0. The van der Waals surface area contributed by atoms with Gasteiger partial charge >= 0.3 is 0 Å². The van der Waals surface area contributed by atoms with Gasteiger partial charge in [0, 0.05) is 18.2 Å². The number of carbonyl (C=O) groups excluding carboxylic acids is 1. The van der Waals surface area contributed by atoms with Crippen molar-refractivity contribution in [3.8, 4) is 0 Å². The fourth-order valence-corrected chi connectivity index (χ4v) is 1.53. The molecule has 2 heteroatoms. The average molecular weight is 173 g/mol. The van der Waals surface area contributed by atoms with Gasteiger partial charge in [0.05, 0.1) is 5.69 Å². The minimum absolute atomic E-state index is 0.227. The van der Waals surface area contributed by atoms with E-state index in [0.29, 0.717) is 6.42 Å². The summed E-state index contributed by atoms with van der Waals surface area (Å²) in [7, 11) is 0. The van der Waals surface area contributed by atoms with Crippen LogP contribution in [0.4, 0.5) is 0 Å². The second-order valence-electron chi connectivity index (χ2n) is 3.15. The minimum atomic E-state index is 0.227. The van der Waals surface area contributed by atoms with Gasteiger partial charge in [0.1, 0.15) is 0 Å². The van der Waals surface area contributed by atoms with Crippen LogP contribution in [-0.2, 0) is 4.79 Å². The largest absolute Gasteiger partial charge is 0.294 e. The summed E-state index contributed by atoms with van der Waals surface area (Å²) in [5.74, 6) is 0.227. The van der Waals surface area contributed by atoms with E-state index in [9.17, 15) is 4.79 Å². The van der Waals surface area contributed by atoms with Crippen LogP contribution in [0.15, 0.2) is 30.5 Å². The van der Waals surface area contributed by atoms with Crippen molar-refractivity contribution in [1.82, 2.24) is 4.98 Å². The molecule has 1 aromatic heterocycles. The molecule has 0 fully saturated rings. The molecule has 0 aliphatic heterocycles. The van der Waals surface area contributed by atoms with Crippen LogP contribution >= 0.6 is 0 Å². The number of Topliss-reactive ketones (excluding diaryl/α,β-unsaturated/α-hetero) is 1. The number of pyridine rings is 1. The van der Waals surface area contributed by atoms with E-state index in [1.165, 1.54) is 0 Å². The predicted octanol–water partition coefficient (Wildman–Crippen LogP) is 2.22. The zero-order valence-corrected chi connectivity index (χ0v) is 7.36. The number of nitrogens with zero attached hydrogens (tertiary/aromatic N) is 1. The highest BCUT2D eigenvalue weighted by molar-refractivity contribution is 6.20. The molecule has 0 N–H and O–H groups in total. The van der Waals surface area contributed by atoms with Gasteiger partial charge in [-0.1, -0.05) is 12.1 Å². The van der Waals surface area contributed by atoms with Gasteiger partial charge < -0.3 is 0 Å². The lowest BCUT2D eigenvalue weighted by Crippen LogP contribution is -2.06. The quantitative estimate of drug-likeness (QED) is 0.651. The number of aromatic nitrogens is 1. The molecule has 1 aliphatic rings. The summed E-state index contributed by atoms with van der Waals surface area (Å²) >= 11 is 0. The Kier molecular flexibility index (Phi) is 2.21. The lowest BCUT2D eigenvalue weighted by Gasteiger charge is -2.10. The van der Waals surface area contributed by atoms with E-state index in [1.807, 2.05) is 24.3 Å². The van der Waals surface area contributed by atoms with Crippen LogP contribution in [-0.4, -0.2) is 10.8 Å². The highest BCUT2D eigenvalue weighted by atomic mass is 16.1. The molecule has 0 spiro atoms. The van der Waals surface area contributed by atoms with Crippen molar-refractivity contribution in [2.75, 3.05) is 0 Å². The molecule has 2 rings (SSSR count). The summed E-state index contributed by atoms with van der Waals surface area (Å²) in [4.78, 5) is 15.7. The summed E-state index contributed by atoms with van der Waals surface area (Å²) in [6.45, 7) is 0. The van der Waals surface area contributed by atoms with Crippen LogP contribution < -0.4 is 0 Å². The number of ketones is 1. The molecule has 0 atom stereocenters. The SMILES string of the molecule is O=C1CCCC=C1c1ccccn1. The molecular weight excluding hydrogens is 162 g/mol. The molecule has 1 aromatic rings. The Bertz CT molecular complexity index is 340. The average Bonchev–Trinajstić information content (AvgIpc) is 2.20. The van der Waals surface area contributed by atoms with Crippen molar-refractivity contribution in [1.29, 1.82) is 0 Å². The standard InChI is InChI=1S/C11H11NO/c13-11-7-2-1-5-9(11)10-6-3-4-8-12-10/h3-6,8H,1-2,7H2. The Morgan fingerprint density at radius 2 is 2.23 bits per heavy atom. The van der Waals surface area contributed by atoms with Gasteiger partial charge in [-0.25, -0.2) is 0 Å². The van der Waals surface area contributed by atoms with E-state index in [-0.39, 0.29) is 5.78 Å². The molecule has 0 bridgehead atoms. The fourth-order valence-electron chi connectivity index (χ4n) is 1.53. The second kappa shape index (κ2) is 3.52. The van der Waals surface area contributed by atoms with Gasteiger partial charge in [0.15, 0.2) is 5.78 Å². The number of hydrogen-bond acceptors (Lipinski definition) is 2. The zero-order valence-electron chi connectivity index (χ0n) is 7.36. The van der Waals surface area contributed by atoms with Crippen LogP contribution in [0.5, 0.6) is 0 Å². The Hall–Kier alpha value is -1.44. The van der Waals surface area contributed by atoms with Crippen LogP contribution in [0.25, 0.3) is 5.57 Å². The van der Waals surface area contributed by atoms with Crippen LogP contribution in [0.1, 0.15) is 25.0 Å². The lowest BCUT2D eigenvalue weighted by atomic mass is 9.95. The van der Waals surface area contributed by atoms with E-state index < -0.39 is 0 Å². The van der Waals surface area contributed by atoms with Gasteiger partial charge in [0.2, 0.25) is 0 Å². The van der Waals surface area contributed by atoms with E-state index in [1.54, 1.807) is 6.20 Å². The normalized spacial score (nSPS) is 16.9.